The SMILES string of the molecule is COc1cccc(OCC(=O)N2CCC(N3CCC(Oc4ccncc4)CC3)CC2)c1. The second-order valence-electron chi connectivity index (χ2n) is 8.12. The minimum atomic E-state index is 0.0470. The molecule has 2 aliphatic rings. The van der Waals surface area contributed by atoms with Crippen LogP contribution in [0.1, 0.15) is 25.7 Å². The van der Waals surface area contributed by atoms with Gasteiger partial charge >= 0.3 is 0 Å². The van der Waals surface area contributed by atoms with Gasteiger partial charge in [0.05, 0.1) is 7.11 Å². The van der Waals surface area contributed by atoms with Crippen LogP contribution in [0, 0.1) is 0 Å². The Labute approximate surface area is 183 Å². The Hall–Kier alpha value is -2.80. The number of carbonyl (C=O) groups is 1. The molecule has 7 heteroatoms. The van der Waals surface area contributed by atoms with Crippen molar-refractivity contribution in [3.05, 3.63) is 48.8 Å². The fraction of sp³-hybridized carbons (Fsp3) is 0.500. The largest absolute Gasteiger partial charge is 0.497 e. The van der Waals surface area contributed by atoms with Gasteiger partial charge in [0, 0.05) is 50.7 Å². The van der Waals surface area contributed by atoms with Gasteiger partial charge in [0.2, 0.25) is 0 Å². The number of hydrogen-bond donors (Lipinski definition) is 0. The summed E-state index contributed by atoms with van der Waals surface area (Å²) in [5.74, 6) is 2.32. The van der Waals surface area contributed by atoms with E-state index in [4.69, 9.17) is 14.2 Å². The predicted molar refractivity (Wildman–Crippen MR) is 118 cm³/mol. The van der Waals surface area contributed by atoms with Gasteiger partial charge in [-0.15, -0.1) is 0 Å². The highest BCUT2D eigenvalue weighted by Crippen LogP contribution is 2.24. The third-order valence-corrected chi connectivity index (χ3v) is 6.17. The van der Waals surface area contributed by atoms with Crippen LogP contribution in [0.4, 0.5) is 0 Å². The van der Waals surface area contributed by atoms with Crippen LogP contribution in [0.2, 0.25) is 0 Å². The lowest BCUT2D eigenvalue weighted by Gasteiger charge is -2.41. The first-order valence-electron chi connectivity index (χ1n) is 11.1. The summed E-state index contributed by atoms with van der Waals surface area (Å²) in [7, 11) is 1.62. The van der Waals surface area contributed by atoms with Gasteiger partial charge in [-0.05, 0) is 49.9 Å². The molecule has 2 fully saturated rings. The number of aromatic nitrogens is 1. The molecule has 166 valence electrons. The van der Waals surface area contributed by atoms with Crippen LogP contribution >= 0.6 is 0 Å². The molecule has 0 saturated carbocycles. The molecule has 0 spiro atoms. The van der Waals surface area contributed by atoms with E-state index in [1.807, 2.05) is 35.2 Å². The van der Waals surface area contributed by atoms with E-state index in [1.165, 1.54) is 0 Å². The first kappa shape index (κ1) is 21.4. The summed E-state index contributed by atoms with van der Waals surface area (Å²) < 4.78 is 16.9. The Bertz CT molecular complexity index is 832. The van der Waals surface area contributed by atoms with Crippen molar-refractivity contribution in [2.24, 2.45) is 0 Å². The zero-order valence-electron chi connectivity index (χ0n) is 18.1. The molecule has 1 amide bonds. The van der Waals surface area contributed by atoms with Crippen LogP contribution in [-0.4, -0.2) is 72.7 Å². The number of pyridine rings is 1. The number of likely N-dealkylation sites (tertiary alicyclic amines) is 2. The Morgan fingerprint density at radius 2 is 1.68 bits per heavy atom. The van der Waals surface area contributed by atoms with E-state index in [1.54, 1.807) is 25.6 Å². The molecule has 2 aromatic rings. The van der Waals surface area contributed by atoms with E-state index in [0.717, 1.165) is 63.4 Å². The average molecular weight is 426 g/mol. The Morgan fingerprint density at radius 3 is 2.39 bits per heavy atom. The molecule has 1 aromatic heterocycles. The quantitative estimate of drug-likeness (QED) is 0.680. The molecule has 31 heavy (non-hydrogen) atoms. The highest BCUT2D eigenvalue weighted by atomic mass is 16.5. The second-order valence-corrected chi connectivity index (χ2v) is 8.12. The summed E-state index contributed by atoms with van der Waals surface area (Å²) in [4.78, 5) is 21.1. The van der Waals surface area contributed by atoms with Gasteiger partial charge in [0.25, 0.3) is 5.91 Å². The first-order chi connectivity index (χ1) is 15.2. The fourth-order valence-electron chi connectivity index (χ4n) is 4.38. The molecule has 0 atom stereocenters. The third kappa shape index (κ3) is 5.88. The number of nitrogens with zero attached hydrogens (tertiary/aromatic N) is 3. The number of carbonyl (C=O) groups excluding carboxylic acids is 1. The molecular formula is C24H31N3O4. The molecule has 2 aliphatic heterocycles. The van der Waals surface area contributed by atoms with Crippen molar-refractivity contribution < 1.29 is 19.0 Å². The van der Waals surface area contributed by atoms with Crippen LogP contribution in [0.3, 0.4) is 0 Å². The molecular weight excluding hydrogens is 394 g/mol. The molecule has 7 nitrogen and oxygen atoms in total. The molecule has 0 aliphatic carbocycles. The number of methoxy groups -OCH3 is 1. The van der Waals surface area contributed by atoms with Crippen molar-refractivity contribution in [3.63, 3.8) is 0 Å². The van der Waals surface area contributed by atoms with Crippen molar-refractivity contribution in [3.8, 4) is 17.2 Å². The Balaban J connectivity index is 1.17. The summed E-state index contributed by atoms with van der Waals surface area (Å²) in [5.41, 5.74) is 0. The molecule has 2 saturated heterocycles. The van der Waals surface area contributed by atoms with Gasteiger partial charge in [-0.1, -0.05) is 6.07 Å². The molecule has 3 heterocycles. The van der Waals surface area contributed by atoms with Crippen LogP contribution in [0.15, 0.2) is 48.8 Å². The zero-order valence-corrected chi connectivity index (χ0v) is 18.1. The molecule has 0 bridgehead atoms. The normalized spacial score (nSPS) is 18.5. The maximum atomic E-state index is 12.6. The van der Waals surface area contributed by atoms with Crippen LogP contribution in [0.5, 0.6) is 17.2 Å². The second kappa shape index (κ2) is 10.5. The molecule has 0 radical (unpaired) electrons. The van der Waals surface area contributed by atoms with Crippen LogP contribution in [-0.2, 0) is 4.79 Å². The summed E-state index contributed by atoms with van der Waals surface area (Å²) in [6.45, 7) is 3.74. The third-order valence-electron chi connectivity index (χ3n) is 6.17. The van der Waals surface area contributed by atoms with Gasteiger partial charge in [0.15, 0.2) is 6.61 Å². The van der Waals surface area contributed by atoms with Gasteiger partial charge in [-0.25, -0.2) is 0 Å². The zero-order chi connectivity index (χ0) is 21.5. The van der Waals surface area contributed by atoms with E-state index < -0.39 is 0 Å². The van der Waals surface area contributed by atoms with Crippen molar-refractivity contribution in [2.75, 3.05) is 39.9 Å². The maximum absolute atomic E-state index is 12.6. The highest BCUT2D eigenvalue weighted by Gasteiger charge is 2.30. The lowest BCUT2D eigenvalue weighted by atomic mass is 9.99. The van der Waals surface area contributed by atoms with Gasteiger partial charge in [-0.2, -0.15) is 0 Å². The fourth-order valence-corrected chi connectivity index (χ4v) is 4.38. The minimum absolute atomic E-state index is 0.0470. The molecule has 1 aromatic carbocycles. The van der Waals surface area contributed by atoms with E-state index in [0.29, 0.717) is 11.8 Å². The van der Waals surface area contributed by atoms with Crippen molar-refractivity contribution in [2.45, 2.75) is 37.8 Å². The molecule has 0 unspecified atom stereocenters. The van der Waals surface area contributed by atoms with E-state index in [9.17, 15) is 4.79 Å². The Morgan fingerprint density at radius 1 is 0.968 bits per heavy atom. The van der Waals surface area contributed by atoms with Crippen molar-refractivity contribution in [1.29, 1.82) is 0 Å². The Kier molecular flexibility index (Phi) is 7.25. The number of piperidine rings is 2. The average Bonchev–Trinajstić information content (AvgIpc) is 2.84. The molecule has 4 rings (SSSR count). The lowest BCUT2D eigenvalue weighted by Crippen LogP contribution is -2.50. The summed E-state index contributed by atoms with van der Waals surface area (Å²) in [6.07, 6.45) is 7.91. The topological polar surface area (TPSA) is 64.1 Å². The van der Waals surface area contributed by atoms with Gasteiger partial charge in [-0.3, -0.25) is 14.7 Å². The smallest absolute Gasteiger partial charge is 0.260 e. The van der Waals surface area contributed by atoms with E-state index in [2.05, 4.69) is 9.88 Å². The number of benzene rings is 1. The monoisotopic (exact) mass is 425 g/mol. The standard InChI is InChI=1S/C24H31N3O4/c1-29-22-3-2-4-23(17-22)30-18-24(28)27-13-7-19(8-14-27)26-15-9-21(10-16-26)31-20-5-11-25-12-6-20/h2-6,11-12,17,19,21H,7-10,13-16,18H2,1H3. The van der Waals surface area contributed by atoms with Crippen LogP contribution in [0.25, 0.3) is 0 Å². The number of hydrogen-bond acceptors (Lipinski definition) is 6. The highest BCUT2D eigenvalue weighted by molar-refractivity contribution is 5.77. The first-order valence-corrected chi connectivity index (χ1v) is 11.1. The van der Waals surface area contributed by atoms with Gasteiger partial charge in [0.1, 0.15) is 23.4 Å². The van der Waals surface area contributed by atoms with E-state index >= 15 is 0 Å². The summed E-state index contributed by atoms with van der Waals surface area (Å²) >= 11 is 0. The minimum Gasteiger partial charge on any atom is -0.497 e. The number of amides is 1. The summed E-state index contributed by atoms with van der Waals surface area (Å²) in [6, 6.07) is 11.7. The lowest BCUT2D eigenvalue weighted by molar-refractivity contribution is -0.135. The predicted octanol–water partition coefficient (Wildman–Crippen LogP) is 3.00. The maximum Gasteiger partial charge on any atom is 0.260 e. The van der Waals surface area contributed by atoms with Gasteiger partial charge < -0.3 is 19.1 Å². The van der Waals surface area contributed by atoms with Crippen molar-refractivity contribution in [1.82, 2.24) is 14.8 Å². The van der Waals surface area contributed by atoms with E-state index in [-0.39, 0.29) is 18.6 Å². The number of rotatable bonds is 7. The molecule has 0 N–H and O–H groups in total. The summed E-state index contributed by atoms with van der Waals surface area (Å²) in [5, 5.41) is 0. The van der Waals surface area contributed by atoms with Crippen molar-refractivity contribution >= 4 is 5.91 Å². The van der Waals surface area contributed by atoms with Crippen LogP contribution < -0.4 is 14.2 Å². The number of ether oxygens (including phenoxy) is 3.